The molecule has 0 aliphatic heterocycles. The molecule has 0 saturated heterocycles. The zero-order chi connectivity index (χ0) is 13.0. The van der Waals surface area contributed by atoms with Crippen LogP contribution >= 0.6 is 11.3 Å². The monoisotopic (exact) mass is 262 g/mol. The molecule has 0 aliphatic carbocycles. The lowest BCUT2D eigenvalue weighted by Crippen LogP contribution is -2.13. The van der Waals surface area contributed by atoms with Gasteiger partial charge >= 0.3 is 0 Å². The average Bonchev–Trinajstić information content (AvgIpc) is 2.90. The van der Waals surface area contributed by atoms with Crippen molar-refractivity contribution in [2.24, 2.45) is 5.73 Å². The van der Waals surface area contributed by atoms with E-state index in [9.17, 15) is 4.79 Å². The lowest BCUT2D eigenvalue weighted by molar-refractivity contribution is 0.1000. The third-order valence-electron chi connectivity index (χ3n) is 2.51. The molecular weight excluding hydrogens is 248 g/mol. The van der Waals surface area contributed by atoms with Crippen LogP contribution in [0.15, 0.2) is 29.9 Å². The Hall–Kier alpha value is -1.95. The number of hydrogen-bond acceptors (Lipinski definition) is 5. The SMILES string of the molecule is CC(CNc1ccc(C(N)=O)cn1)c1nccs1. The van der Waals surface area contributed by atoms with E-state index in [0.717, 1.165) is 17.4 Å². The number of rotatable bonds is 5. The number of aromatic nitrogens is 2. The number of nitrogens with one attached hydrogen (secondary N) is 1. The molecule has 0 bridgehead atoms. The van der Waals surface area contributed by atoms with E-state index < -0.39 is 5.91 Å². The summed E-state index contributed by atoms with van der Waals surface area (Å²) >= 11 is 1.64. The molecule has 18 heavy (non-hydrogen) atoms. The van der Waals surface area contributed by atoms with E-state index in [0.29, 0.717) is 11.5 Å². The van der Waals surface area contributed by atoms with Crippen molar-refractivity contribution in [3.63, 3.8) is 0 Å². The molecule has 5 nitrogen and oxygen atoms in total. The van der Waals surface area contributed by atoms with Crippen molar-refractivity contribution in [3.05, 3.63) is 40.5 Å². The van der Waals surface area contributed by atoms with Gasteiger partial charge in [0.05, 0.1) is 10.6 Å². The second kappa shape index (κ2) is 5.59. The molecule has 2 heterocycles. The topological polar surface area (TPSA) is 80.9 Å². The summed E-state index contributed by atoms with van der Waals surface area (Å²) < 4.78 is 0. The van der Waals surface area contributed by atoms with Gasteiger partial charge in [0.15, 0.2) is 0 Å². The Labute approximate surface area is 109 Å². The highest BCUT2D eigenvalue weighted by Crippen LogP contribution is 2.17. The van der Waals surface area contributed by atoms with Crippen molar-refractivity contribution in [1.29, 1.82) is 0 Å². The summed E-state index contributed by atoms with van der Waals surface area (Å²) in [5, 5.41) is 6.26. The van der Waals surface area contributed by atoms with Crippen LogP contribution in [0.25, 0.3) is 0 Å². The van der Waals surface area contributed by atoms with Gasteiger partial charge in [0.1, 0.15) is 5.82 Å². The fourth-order valence-corrected chi connectivity index (χ4v) is 2.17. The van der Waals surface area contributed by atoms with E-state index in [1.165, 1.54) is 6.20 Å². The summed E-state index contributed by atoms with van der Waals surface area (Å²) in [4.78, 5) is 19.3. The normalized spacial score (nSPS) is 12.1. The first kappa shape index (κ1) is 12.5. The smallest absolute Gasteiger partial charge is 0.250 e. The maximum Gasteiger partial charge on any atom is 0.250 e. The van der Waals surface area contributed by atoms with Gasteiger partial charge < -0.3 is 11.1 Å². The molecule has 2 aromatic heterocycles. The van der Waals surface area contributed by atoms with Gasteiger partial charge in [0, 0.05) is 30.2 Å². The Morgan fingerprint density at radius 2 is 2.33 bits per heavy atom. The van der Waals surface area contributed by atoms with Crippen molar-refractivity contribution in [1.82, 2.24) is 9.97 Å². The van der Waals surface area contributed by atoms with Crippen LogP contribution in [-0.2, 0) is 0 Å². The number of amides is 1. The van der Waals surface area contributed by atoms with Crippen LogP contribution in [-0.4, -0.2) is 22.4 Å². The number of primary amides is 1. The second-order valence-corrected chi connectivity index (χ2v) is 4.87. The van der Waals surface area contributed by atoms with Gasteiger partial charge in [-0.25, -0.2) is 9.97 Å². The minimum absolute atomic E-state index is 0.322. The maximum absolute atomic E-state index is 10.9. The fourth-order valence-electron chi connectivity index (χ4n) is 1.47. The molecule has 0 aliphatic rings. The average molecular weight is 262 g/mol. The Kier molecular flexibility index (Phi) is 3.88. The number of carbonyl (C=O) groups excluding carboxylic acids is 1. The van der Waals surface area contributed by atoms with Gasteiger partial charge in [-0.3, -0.25) is 4.79 Å². The van der Waals surface area contributed by atoms with Crippen molar-refractivity contribution < 1.29 is 4.79 Å². The third kappa shape index (κ3) is 3.04. The zero-order valence-corrected chi connectivity index (χ0v) is 10.8. The highest BCUT2D eigenvalue weighted by molar-refractivity contribution is 7.09. The molecule has 1 atom stereocenters. The van der Waals surface area contributed by atoms with E-state index in [2.05, 4.69) is 22.2 Å². The quantitative estimate of drug-likeness (QED) is 0.861. The number of anilines is 1. The molecule has 1 unspecified atom stereocenters. The maximum atomic E-state index is 10.9. The lowest BCUT2D eigenvalue weighted by Gasteiger charge is -2.10. The summed E-state index contributed by atoms with van der Waals surface area (Å²) in [5.74, 6) is 0.580. The van der Waals surface area contributed by atoms with Crippen LogP contribution in [0, 0.1) is 0 Å². The molecule has 0 spiro atoms. The van der Waals surface area contributed by atoms with Crippen LogP contribution in [0.2, 0.25) is 0 Å². The van der Waals surface area contributed by atoms with Crippen molar-refractivity contribution in [2.45, 2.75) is 12.8 Å². The molecule has 3 N–H and O–H groups in total. The van der Waals surface area contributed by atoms with E-state index in [4.69, 9.17) is 5.73 Å². The van der Waals surface area contributed by atoms with Gasteiger partial charge in [-0.05, 0) is 12.1 Å². The molecule has 94 valence electrons. The number of carbonyl (C=O) groups is 1. The van der Waals surface area contributed by atoms with Crippen molar-refractivity contribution in [2.75, 3.05) is 11.9 Å². The third-order valence-corrected chi connectivity index (χ3v) is 3.52. The first-order valence-corrected chi connectivity index (χ1v) is 6.44. The molecule has 2 aromatic rings. The zero-order valence-electron chi connectivity index (χ0n) is 9.96. The number of nitrogens with zero attached hydrogens (tertiary/aromatic N) is 2. The largest absolute Gasteiger partial charge is 0.369 e. The molecular formula is C12H14N4OS. The number of thiazole rings is 1. The fraction of sp³-hybridized carbons (Fsp3) is 0.250. The van der Waals surface area contributed by atoms with Crippen LogP contribution in [0.3, 0.4) is 0 Å². The van der Waals surface area contributed by atoms with Gasteiger partial charge in [-0.1, -0.05) is 6.92 Å². The highest BCUT2D eigenvalue weighted by Gasteiger charge is 2.08. The Bertz CT molecular complexity index is 509. The lowest BCUT2D eigenvalue weighted by atomic mass is 10.2. The van der Waals surface area contributed by atoms with E-state index in [1.807, 2.05) is 5.38 Å². The molecule has 0 aromatic carbocycles. The standard InChI is InChI=1S/C12H14N4OS/c1-8(12-14-4-5-18-12)6-15-10-3-2-9(7-16-10)11(13)17/h2-5,7-8H,6H2,1H3,(H2,13,17)(H,15,16). The minimum atomic E-state index is -0.467. The van der Waals surface area contributed by atoms with Gasteiger partial charge in [-0.2, -0.15) is 0 Å². The summed E-state index contributed by atoms with van der Waals surface area (Å²) in [6.45, 7) is 2.85. The Morgan fingerprint density at radius 1 is 1.50 bits per heavy atom. The Morgan fingerprint density at radius 3 is 2.89 bits per heavy atom. The van der Waals surface area contributed by atoms with Gasteiger partial charge in [0.2, 0.25) is 5.91 Å². The number of pyridine rings is 1. The van der Waals surface area contributed by atoms with E-state index in [1.54, 1.807) is 29.7 Å². The first-order valence-electron chi connectivity index (χ1n) is 5.56. The van der Waals surface area contributed by atoms with Crippen LogP contribution in [0.1, 0.15) is 28.2 Å². The summed E-state index contributed by atoms with van der Waals surface area (Å²) in [7, 11) is 0. The summed E-state index contributed by atoms with van der Waals surface area (Å²) in [6.07, 6.45) is 3.27. The molecule has 0 fully saturated rings. The van der Waals surface area contributed by atoms with Crippen LogP contribution in [0.5, 0.6) is 0 Å². The predicted molar refractivity (Wildman–Crippen MR) is 71.8 cm³/mol. The second-order valence-electron chi connectivity index (χ2n) is 3.95. The molecule has 2 rings (SSSR count). The van der Waals surface area contributed by atoms with Crippen molar-refractivity contribution >= 4 is 23.1 Å². The van der Waals surface area contributed by atoms with Gasteiger partial charge in [0.25, 0.3) is 0 Å². The number of hydrogen-bond donors (Lipinski definition) is 2. The predicted octanol–water partition coefficient (Wildman–Crippen LogP) is 1.85. The molecule has 0 radical (unpaired) electrons. The highest BCUT2D eigenvalue weighted by atomic mass is 32.1. The van der Waals surface area contributed by atoms with Gasteiger partial charge in [-0.15, -0.1) is 11.3 Å². The van der Waals surface area contributed by atoms with Crippen molar-refractivity contribution in [3.8, 4) is 0 Å². The molecule has 0 saturated carbocycles. The number of nitrogens with two attached hydrogens (primary N) is 1. The minimum Gasteiger partial charge on any atom is -0.369 e. The van der Waals surface area contributed by atoms with E-state index >= 15 is 0 Å². The summed E-state index contributed by atoms with van der Waals surface area (Å²) in [6, 6.07) is 3.40. The first-order chi connectivity index (χ1) is 8.66. The Balaban J connectivity index is 1.92. The summed E-state index contributed by atoms with van der Waals surface area (Å²) in [5.41, 5.74) is 5.55. The molecule has 1 amide bonds. The molecule has 6 heteroatoms. The van der Waals surface area contributed by atoms with Crippen LogP contribution < -0.4 is 11.1 Å². The van der Waals surface area contributed by atoms with E-state index in [-0.39, 0.29) is 0 Å². The van der Waals surface area contributed by atoms with Crippen LogP contribution in [0.4, 0.5) is 5.82 Å².